The fourth-order valence-electron chi connectivity index (χ4n) is 3.02. The molecule has 1 fully saturated rings. The van der Waals surface area contributed by atoms with Crippen LogP contribution < -0.4 is 5.32 Å². The van der Waals surface area contributed by atoms with E-state index in [0.717, 1.165) is 23.4 Å². The lowest BCUT2D eigenvalue weighted by Gasteiger charge is -2.07. The fraction of sp³-hybridized carbons (Fsp3) is 0.211. The van der Waals surface area contributed by atoms with E-state index < -0.39 is 0 Å². The van der Waals surface area contributed by atoms with Crippen LogP contribution in [0.15, 0.2) is 61.3 Å². The van der Waals surface area contributed by atoms with Crippen molar-refractivity contribution < 1.29 is 9.18 Å². The second-order valence-electron chi connectivity index (χ2n) is 6.21. The first-order chi connectivity index (χ1) is 12.2. The molecule has 0 bridgehead atoms. The first kappa shape index (κ1) is 15.5. The first-order valence-corrected chi connectivity index (χ1v) is 8.17. The van der Waals surface area contributed by atoms with Gasteiger partial charge in [0.1, 0.15) is 18.0 Å². The lowest BCUT2D eigenvalue weighted by molar-refractivity contribution is -0.122. The molecule has 2 aromatic heterocycles. The van der Waals surface area contributed by atoms with E-state index in [0.29, 0.717) is 6.54 Å². The topological polar surface area (TPSA) is 59.8 Å². The number of nitrogens with zero attached hydrogens (tertiary/aromatic N) is 3. The highest BCUT2D eigenvalue weighted by Gasteiger charge is 2.43. The maximum Gasteiger partial charge on any atom is 0.224 e. The number of nitrogens with one attached hydrogen (secondary N) is 1. The molecule has 3 aromatic rings. The Hall–Kier alpha value is -3.02. The summed E-state index contributed by atoms with van der Waals surface area (Å²) in [4.78, 5) is 20.6. The molecule has 4 rings (SSSR count). The van der Waals surface area contributed by atoms with Gasteiger partial charge in [-0.05, 0) is 47.7 Å². The van der Waals surface area contributed by atoms with Crippen LogP contribution in [0.4, 0.5) is 4.39 Å². The van der Waals surface area contributed by atoms with Gasteiger partial charge in [0.05, 0.1) is 0 Å². The molecule has 1 N–H and O–H groups in total. The molecule has 0 aliphatic heterocycles. The Labute approximate surface area is 144 Å². The van der Waals surface area contributed by atoms with E-state index in [9.17, 15) is 9.18 Å². The molecule has 126 valence electrons. The Kier molecular flexibility index (Phi) is 4.01. The van der Waals surface area contributed by atoms with Crippen molar-refractivity contribution in [2.75, 3.05) is 0 Å². The molecule has 25 heavy (non-hydrogen) atoms. The molecule has 1 aliphatic carbocycles. The van der Waals surface area contributed by atoms with Crippen molar-refractivity contribution in [1.82, 2.24) is 19.9 Å². The lowest BCUT2D eigenvalue weighted by atomic mass is 10.1. The summed E-state index contributed by atoms with van der Waals surface area (Å²) in [6.07, 6.45) is 7.67. The number of amides is 1. The van der Waals surface area contributed by atoms with E-state index in [-0.39, 0.29) is 23.6 Å². The van der Waals surface area contributed by atoms with Crippen molar-refractivity contribution >= 4 is 5.91 Å². The summed E-state index contributed by atoms with van der Waals surface area (Å²) >= 11 is 0. The molecule has 0 unspecified atom stereocenters. The fourth-order valence-corrected chi connectivity index (χ4v) is 3.02. The third-order valence-electron chi connectivity index (χ3n) is 4.45. The molecule has 1 saturated carbocycles. The van der Waals surface area contributed by atoms with Gasteiger partial charge in [-0.25, -0.2) is 14.4 Å². The van der Waals surface area contributed by atoms with Crippen LogP contribution in [0.25, 0.3) is 5.82 Å². The van der Waals surface area contributed by atoms with Gasteiger partial charge >= 0.3 is 0 Å². The number of imidazole rings is 1. The zero-order valence-electron chi connectivity index (χ0n) is 13.5. The largest absolute Gasteiger partial charge is 0.352 e. The van der Waals surface area contributed by atoms with Crippen LogP contribution in [-0.4, -0.2) is 20.4 Å². The van der Waals surface area contributed by atoms with E-state index in [1.165, 1.54) is 12.1 Å². The van der Waals surface area contributed by atoms with Gasteiger partial charge in [-0.15, -0.1) is 0 Å². The number of carbonyl (C=O) groups is 1. The Morgan fingerprint density at radius 1 is 1.28 bits per heavy atom. The van der Waals surface area contributed by atoms with Crippen LogP contribution in [-0.2, 0) is 11.3 Å². The van der Waals surface area contributed by atoms with Crippen molar-refractivity contribution in [3.8, 4) is 5.82 Å². The molecule has 0 saturated heterocycles. The highest BCUT2D eigenvalue weighted by atomic mass is 19.1. The Morgan fingerprint density at radius 3 is 3.00 bits per heavy atom. The number of hydrogen-bond acceptors (Lipinski definition) is 3. The maximum absolute atomic E-state index is 13.3. The maximum atomic E-state index is 13.3. The van der Waals surface area contributed by atoms with Crippen LogP contribution in [0, 0.1) is 11.7 Å². The van der Waals surface area contributed by atoms with Gasteiger partial charge in [-0.1, -0.05) is 12.1 Å². The predicted molar refractivity (Wildman–Crippen MR) is 90.5 cm³/mol. The smallest absolute Gasteiger partial charge is 0.224 e. The second-order valence-corrected chi connectivity index (χ2v) is 6.21. The van der Waals surface area contributed by atoms with Gasteiger partial charge in [0.25, 0.3) is 0 Å². The number of carbonyl (C=O) groups excluding carboxylic acids is 1. The van der Waals surface area contributed by atoms with E-state index in [2.05, 4.69) is 15.3 Å². The molecule has 1 aliphatic rings. The summed E-state index contributed by atoms with van der Waals surface area (Å²) in [5.41, 5.74) is 1.86. The van der Waals surface area contributed by atoms with Crippen molar-refractivity contribution in [2.45, 2.75) is 18.9 Å². The average Bonchev–Trinajstić information content (AvgIpc) is 3.25. The number of hydrogen-bond donors (Lipinski definition) is 1. The van der Waals surface area contributed by atoms with E-state index >= 15 is 0 Å². The quantitative estimate of drug-likeness (QED) is 0.779. The molecule has 2 heterocycles. The molecular formula is C19H17FN4O. The number of pyridine rings is 1. The number of aromatic nitrogens is 3. The SMILES string of the molecule is O=C(NCc1ccnc(-n2ccnc2)c1)[C@H]1C[C@@H]1c1cccc(F)c1. The summed E-state index contributed by atoms with van der Waals surface area (Å²) in [5, 5.41) is 2.96. The molecular weight excluding hydrogens is 319 g/mol. The van der Waals surface area contributed by atoms with E-state index in [1.54, 1.807) is 24.8 Å². The van der Waals surface area contributed by atoms with Crippen LogP contribution in [0.5, 0.6) is 0 Å². The van der Waals surface area contributed by atoms with Crippen molar-refractivity contribution in [2.24, 2.45) is 5.92 Å². The summed E-state index contributed by atoms with van der Waals surface area (Å²) in [6, 6.07) is 10.3. The zero-order valence-corrected chi connectivity index (χ0v) is 13.5. The van der Waals surface area contributed by atoms with Gasteiger partial charge in [-0.2, -0.15) is 0 Å². The third-order valence-corrected chi connectivity index (χ3v) is 4.45. The van der Waals surface area contributed by atoms with Crippen molar-refractivity contribution in [1.29, 1.82) is 0 Å². The van der Waals surface area contributed by atoms with E-state index in [4.69, 9.17) is 0 Å². The van der Waals surface area contributed by atoms with Gasteiger partial charge < -0.3 is 5.32 Å². The summed E-state index contributed by atoms with van der Waals surface area (Å²) in [7, 11) is 0. The highest BCUT2D eigenvalue weighted by Crippen LogP contribution is 2.47. The van der Waals surface area contributed by atoms with Gasteiger partial charge in [0.15, 0.2) is 0 Å². The van der Waals surface area contributed by atoms with Gasteiger partial charge in [0.2, 0.25) is 5.91 Å². The van der Waals surface area contributed by atoms with Crippen LogP contribution in [0.2, 0.25) is 0 Å². The van der Waals surface area contributed by atoms with Gasteiger partial charge in [0, 0.05) is 31.1 Å². The van der Waals surface area contributed by atoms with Crippen LogP contribution in [0.3, 0.4) is 0 Å². The molecule has 1 amide bonds. The van der Waals surface area contributed by atoms with Crippen molar-refractivity contribution in [3.05, 3.63) is 78.3 Å². The van der Waals surface area contributed by atoms with Crippen molar-refractivity contribution in [3.63, 3.8) is 0 Å². The van der Waals surface area contributed by atoms with Gasteiger partial charge in [-0.3, -0.25) is 9.36 Å². The monoisotopic (exact) mass is 336 g/mol. The minimum atomic E-state index is -0.257. The van der Waals surface area contributed by atoms with E-state index in [1.807, 2.05) is 29.0 Å². The van der Waals surface area contributed by atoms with Crippen LogP contribution >= 0.6 is 0 Å². The highest BCUT2D eigenvalue weighted by molar-refractivity contribution is 5.82. The number of halogens is 1. The normalized spacial score (nSPS) is 18.8. The molecule has 0 radical (unpaired) electrons. The number of rotatable bonds is 5. The molecule has 1 aromatic carbocycles. The minimum Gasteiger partial charge on any atom is -0.352 e. The Morgan fingerprint density at radius 2 is 2.20 bits per heavy atom. The molecule has 6 heteroatoms. The minimum absolute atomic E-state index is 0.00949. The lowest BCUT2D eigenvalue weighted by Crippen LogP contribution is -2.25. The summed E-state index contributed by atoms with van der Waals surface area (Å²) < 4.78 is 15.1. The third kappa shape index (κ3) is 3.42. The predicted octanol–water partition coefficient (Wildman–Crippen LogP) is 2.83. The second kappa shape index (κ2) is 6.47. The molecule has 0 spiro atoms. The summed E-state index contributed by atoms with van der Waals surface area (Å²) in [6.45, 7) is 0.440. The molecule has 5 nitrogen and oxygen atoms in total. The number of benzene rings is 1. The Bertz CT molecular complexity index is 894. The first-order valence-electron chi connectivity index (χ1n) is 8.17. The molecule has 2 atom stereocenters. The summed E-state index contributed by atoms with van der Waals surface area (Å²) in [5.74, 6) is 0.558. The zero-order chi connectivity index (χ0) is 17.2. The Balaban J connectivity index is 1.36. The standard InChI is InChI=1S/C19H17FN4O/c20-15-3-1-2-14(9-15)16-10-17(16)19(25)23-11-13-4-5-22-18(8-13)24-7-6-21-12-24/h1-9,12,16-17H,10-11H2,(H,23,25)/t16-,17+/m1/s1. The van der Waals surface area contributed by atoms with Crippen LogP contribution in [0.1, 0.15) is 23.5 Å². The average molecular weight is 336 g/mol.